The molecule has 1 amide bonds. The Morgan fingerprint density at radius 2 is 2.15 bits per heavy atom. The van der Waals surface area contributed by atoms with Gasteiger partial charge in [0.25, 0.3) is 5.91 Å². The summed E-state index contributed by atoms with van der Waals surface area (Å²) < 4.78 is 6.87. The summed E-state index contributed by atoms with van der Waals surface area (Å²) in [6.07, 6.45) is 5.31. The van der Waals surface area contributed by atoms with E-state index >= 15 is 0 Å². The van der Waals surface area contributed by atoms with Gasteiger partial charge in [-0.05, 0) is 38.8 Å². The van der Waals surface area contributed by atoms with Gasteiger partial charge in [-0.2, -0.15) is 5.10 Å². The molecule has 3 aromatic heterocycles. The van der Waals surface area contributed by atoms with Crippen molar-refractivity contribution in [2.45, 2.75) is 32.7 Å². The number of amides is 1. The molecule has 0 aliphatic carbocycles. The topological polar surface area (TPSA) is 89.9 Å². The van der Waals surface area contributed by atoms with E-state index in [4.69, 9.17) is 9.51 Å². The van der Waals surface area contributed by atoms with Crippen molar-refractivity contribution in [2.24, 2.45) is 7.05 Å². The Hall–Kier alpha value is -3.03. The molecule has 134 valence electrons. The van der Waals surface area contributed by atoms with Gasteiger partial charge in [-0.1, -0.05) is 5.16 Å². The molecule has 4 rings (SSSR count). The average molecular weight is 352 g/mol. The fourth-order valence-corrected chi connectivity index (χ4v) is 3.47. The molecular formula is C18H20N6O2. The van der Waals surface area contributed by atoms with Crippen molar-refractivity contribution in [3.8, 4) is 11.4 Å². The largest absolute Gasteiger partial charge is 0.361 e. The van der Waals surface area contributed by atoms with Crippen molar-refractivity contribution in [2.75, 3.05) is 6.54 Å². The van der Waals surface area contributed by atoms with E-state index < -0.39 is 0 Å². The minimum atomic E-state index is -0.0771. The normalized spacial score (nSPS) is 17.0. The molecule has 0 spiro atoms. The van der Waals surface area contributed by atoms with Gasteiger partial charge < -0.3 is 9.42 Å². The van der Waals surface area contributed by atoms with Crippen LogP contribution in [0.5, 0.6) is 0 Å². The van der Waals surface area contributed by atoms with Crippen molar-refractivity contribution in [1.29, 1.82) is 0 Å². The molecule has 0 saturated carbocycles. The number of nitrogens with zero attached hydrogens (tertiary/aromatic N) is 6. The number of hydrogen-bond donors (Lipinski definition) is 0. The summed E-state index contributed by atoms with van der Waals surface area (Å²) in [5, 5.41) is 8.21. The van der Waals surface area contributed by atoms with Crippen molar-refractivity contribution < 1.29 is 9.32 Å². The van der Waals surface area contributed by atoms with Crippen LogP contribution in [0.4, 0.5) is 0 Å². The lowest BCUT2D eigenvalue weighted by Gasteiger charge is -2.23. The summed E-state index contributed by atoms with van der Waals surface area (Å²) in [5.41, 5.74) is 2.86. The summed E-state index contributed by atoms with van der Waals surface area (Å²) in [6.45, 7) is 4.41. The van der Waals surface area contributed by atoms with E-state index in [0.29, 0.717) is 23.8 Å². The zero-order chi connectivity index (χ0) is 18.3. The lowest BCUT2D eigenvalue weighted by atomic mass is 10.1. The lowest BCUT2D eigenvalue weighted by molar-refractivity contribution is 0.0726. The van der Waals surface area contributed by atoms with Crippen LogP contribution in [0.3, 0.4) is 0 Å². The second-order valence-electron chi connectivity index (χ2n) is 6.54. The zero-order valence-corrected chi connectivity index (χ0v) is 15.0. The minimum Gasteiger partial charge on any atom is -0.361 e. The van der Waals surface area contributed by atoms with Crippen molar-refractivity contribution in [3.63, 3.8) is 0 Å². The highest BCUT2D eigenvalue weighted by Gasteiger charge is 2.33. The molecule has 0 aromatic carbocycles. The fourth-order valence-electron chi connectivity index (χ4n) is 3.47. The Kier molecular flexibility index (Phi) is 4.02. The minimum absolute atomic E-state index is 0.0643. The standard InChI is InChI=1S/C18H20N6O2/c1-11-16(12(2)26-22-11)17-19-8-6-13(20-17)15-5-4-9-24(15)18(25)14-7-10-23(3)21-14/h6-8,10,15H,4-5,9H2,1-3H3/t15-/m1/s1. The average Bonchev–Trinajstić information content (AvgIpc) is 3.35. The smallest absolute Gasteiger partial charge is 0.274 e. The molecule has 1 saturated heterocycles. The van der Waals surface area contributed by atoms with Crippen LogP contribution in [0.1, 0.15) is 46.5 Å². The first-order valence-electron chi connectivity index (χ1n) is 8.61. The molecule has 0 N–H and O–H groups in total. The molecule has 0 bridgehead atoms. The molecular weight excluding hydrogens is 332 g/mol. The molecule has 0 unspecified atom stereocenters. The Balaban J connectivity index is 1.66. The van der Waals surface area contributed by atoms with Gasteiger partial charge in [0.1, 0.15) is 11.5 Å². The summed E-state index contributed by atoms with van der Waals surface area (Å²) in [4.78, 5) is 23.8. The number of carbonyl (C=O) groups is 1. The van der Waals surface area contributed by atoms with Gasteiger partial charge in [-0.3, -0.25) is 9.48 Å². The highest BCUT2D eigenvalue weighted by molar-refractivity contribution is 5.92. The molecule has 3 aromatic rings. The number of hydrogen-bond acceptors (Lipinski definition) is 6. The highest BCUT2D eigenvalue weighted by atomic mass is 16.5. The summed E-state index contributed by atoms with van der Waals surface area (Å²) in [6, 6.07) is 3.54. The zero-order valence-electron chi connectivity index (χ0n) is 15.0. The summed E-state index contributed by atoms with van der Waals surface area (Å²) >= 11 is 0. The van der Waals surface area contributed by atoms with Crippen LogP contribution in [0.25, 0.3) is 11.4 Å². The Bertz CT molecular complexity index is 941. The van der Waals surface area contributed by atoms with E-state index in [1.54, 1.807) is 30.2 Å². The Morgan fingerprint density at radius 1 is 1.31 bits per heavy atom. The molecule has 1 aliphatic heterocycles. The predicted molar refractivity (Wildman–Crippen MR) is 93.2 cm³/mol. The Labute approximate surface area is 150 Å². The summed E-state index contributed by atoms with van der Waals surface area (Å²) in [5.74, 6) is 1.20. The number of aromatic nitrogens is 5. The third-order valence-electron chi connectivity index (χ3n) is 4.72. The van der Waals surface area contributed by atoms with Crippen LogP contribution in [-0.4, -0.2) is 42.3 Å². The Morgan fingerprint density at radius 3 is 2.85 bits per heavy atom. The van der Waals surface area contributed by atoms with Crippen LogP contribution in [-0.2, 0) is 7.05 Å². The summed E-state index contributed by atoms with van der Waals surface area (Å²) in [7, 11) is 1.80. The van der Waals surface area contributed by atoms with Gasteiger partial charge in [0.15, 0.2) is 5.82 Å². The third kappa shape index (κ3) is 2.77. The van der Waals surface area contributed by atoms with E-state index in [1.807, 2.05) is 24.8 Å². The first-order valence-corrected chi connectivity index (χ1v) is 8.61. The van der Waals surface area contributed by atoms with Crippen LogP contribution >= 0.6 is 0 Å². The van der Waals surface area contributed by atoms with Gasteiger partial charge in [0.2, 0.25) is 0 Å². The maximum Gasteiger partial charge on any atom is 0.274 e. The van der Waals surface area contributed by atoms with Gasteiger partial charge in [0, 0.05) is 26.0 Å². The van der Waals surface area contributed by atoms with Crippen molar-refractivity contribution >= 4 is 5.91 Å². The number of likely N-dealkylation sites (tertiary alicyclic amines) is 1. The van der Waals surface area contributed by atoms with E-state index in [9.17, 15) is 4.79 Å². The molecule has 4 heterocycles. The second kappa shape index (κ2) is 6.36. The van der Waals surface area contributed by atoms with E-state index in [1.165, 1.54) is 0 Å². The maximum absolute atomic E-state index is 12.8. The predicted octanol–water partition coefficient (Wildman–Crippen LogP) is 2.46. The van der Waals surface area contributed by atoms with Crippen LogP contribution in [0.2, 0.25) is 0 Å². The van der Waals surface area contributed by atoms with Gasteiger partial charge in [-0.15, -0.1) is 0 Å². The number of carbonyl (C=O) groups excluding carboxylic acids is 1. The maximum atomic E-state index is 12.8. The quantitative estimate of drug-likeness (QED) is 0.719. The molecule has 1 fully saturated rings. The van der Waals surface area contributed by atoms with Gasteiger partial charge in [0.05, 0.1) is 23.0 Å². The van der Waals surface area contributed by atoms with Crippen molar-refractivity contribution in [1.82, 2.24) is 29.8 Å². The third-order valence-corrected chi connectivity index (χ3v) is 4.72. The number of aryl methyl sites for hydroxylation is 3. The van der Waals surface area contributed by atoms with Gasteiger partial charge >= 0.3 is 0 Å². The van der Waals surface area contributed by atoms with E-state index in [0.717, 1.165) is 29.8 Å². The van der Waals surface area contributed by atoms with Crippen LogP contribution in [0.15, 0.2) is 29.0 Å². The van der Waals surface area contributed by atoms with Crippen LogP contribution in [0, 0.1) is 13.8 Å². The van der Waals surface area contributed by atoms with E-state index in [2.05, 4.69) is 15.2 Å². The van der Waals surface area contributed by atoms with Crippen LogP contribution < -0.4 is 0 Å². The molecule has 1 atom stereocenters. The SMILES string of the molecule is Cc1noc(C)c1-c1nccc([C@H]2CCCN2C(=O)c2ccn(C)n2)n1. The fraction of sp³-hybridized carbons (Fsp3) is 0.389. The highest BCUT2D eigenvalue weighted by Crippen LogP contribution is 2.33. The molecule has 26 heavy (non-hydrogen) atoms. The molecule has 8 nitrogen and oxygen atoms in total. The lowest BCUT2D eigenvalue weighted by Crippen LogP contribution is -2.31. The molecule has 0 radical (unpaired) electrons. The molecule has 8 heteroatoms. The first kappa shape index (κ1) is 16.4. The first-order chi connectivity index (χ1) is 12.5. The second-order valence-corrected chi connectivity index (χ2v) is 6.54. The molecule has 1 aliphatic rings. The number of rotatable bonds is 3. The van der Waals surface area contributed by atoms with Gasteiger partial charge in [-0.25, -0.2) is 9.97 Å². The monoisotopic (exact) mass is 352 g/mol. The van der Waals surface area contributed by atoms with Crippen molar-refractivity contribution in [3.05, 3.63) is 47.4 Å². The van der Waals surface area contributed by atoms with E-state index in [-0.39, 0.29) is 11.9 Å².